The van der Waals surface area contributed by atoms with Gasteiger partial charge in [0.15, 0.2) is 0 Å². The van der Waals surface area contributed by atoms with Crippen LogP contribution in [0.15, 0.2) is 53.4 Å². The third-order valence-electron chi connectivity index (χ3n) is 5.88. The molecule has 0 N–H and O–H groups in total. The minimum absolute atomic E-state index is 0.206. The molecule has 33 heavy (non-hydrogen) atoms. The average molecular weight is 485 g/mol. The van der Waals surface area contributed by atoms with Crippen LogP contribution in [0.5, 0.6) is 5.75 Å². The summed E-state index contributed by atoms with van der Waals surface area (Å²) >= 11 is 0. The first-order valence-corrected chi connectivity index (χ1v) is 12.7. The first kappa shape index (κ1) is 25.4. The number of hydrogen-bond donors (Lipinski definition) is 0. The van der Waals surface area contributed by atoms with E-state index >= 15 is 0 Å². The maximum absolute atomic E-state index is 12.8. The van der Waals surface area contributed by atoms with Gasteiger partial charge in [0.1, 0.15) is 5.75 Å². The second-order valence-corrected chi connectivity index (χ2v) is 10.3. The van der Waals surface area contributed by atoms with Crippen LogP contribution < -0.4 is 9.04 Å². The van der Waals surface area contributed by atoms with E-state index in [9.17, 15) is 21.6 Å². The van der Waals surface area contributed by atoms with E-state index in [1.807, 2.05) is 0 Å². The first-order valence-electron chi connectivity index (χ1n) is 11.3. The lowest BCUT2D eigenvalue weighted by atomic mass is 10.2. The zero-order chi connectivity index (χ0) is 23.9. The number of nitrogens with zero attached hydrogens (tertiary/aromatic N) is 2. The summed E-state index contributed by atoms with van der Waals surface area (Å²) in [6.07, 6.45) is 2.61. The SMILES string of the molecule is CN(c1ccc(OCCCCCCN2CCCC2)cc1)S(=O)(=O)c1ccc(C(F)(F)F)cc1. The monoisotopic (exact) mass is 484 g/mol. The number of rotatable bonds is 11. The fraction of sp³-hybridized carbons (Fsp3) is 0.500. The highest BCUT2D eigenvalue weighted by atomic mass is 32.2. The summed E-state index contributed by atoms with van der Waals surface area (Å²) in [6, 6.07) is 10.1. The number of sulfonamides is 1. The predicted octanol–water partition coefficient (Wildman–Crippen LogP) is 5.57. The van der Waals surface area contributed by atoms with Crippen molar-refractivity contribution in [3.8, 4) is 5.75 Å². The Balaban J connectivity index is 1.45. The van der Waals surface area contributed by atoms with Crippen LogP contribution in [0.25, 0.3) is 0 Å². The summed E-state index contributed by atoms with van der Waals surface area (Å²) < 4.78 is 70.5. The van der Waals surface area contributed by atoms with Crippen LogP contribution in [0.2, 0.25) is 0 Å². The van der Waals surface area contributed by atoms with Gasteiger partial charge < -0.3 is 9.64 Å². The molecule has 182 valence electrons. The Morgan fingerprint density at radius 3 is 2.12 bits per heavy atom. The van der Waals surface area contributed by atoms with E-state index in [0.29, 0.717) is 18.0 Å². The van der Waals surface area contributed by atoms with Gasteiger partial charge in [-0.15, -0.1) is 0 Å². The van der Waals surface area contributed by atoms with Crippen LogP contribution in [0.1, 0.15) is 44.1 Å². The fourth-order valence-corrected chi connectivity index (χ4v) is 5.05. The van der Waals surface area contributed by atoms with E-state index in [0.717, 1.165) is 41.4 Å². The predicted molar refractivity (Wildman–Crippen MR) is 123 cm³/mol. The van der Waals surface area contributed by atoms with Gasteiger partial charge >= 0.3 is 6.18 Å². The molecule has 1 aliphatic heterocycles. The molecule has 0 aliphatic carbocycles. The molecule has 2 aromatic rings. The van der Waals surface area contributed by atoms with Crippen molar-refractivity contribution in [2.24, 2.45) is 0 Å². The van der Waals surface area contributed by atoms with Crippen LogP contribution in [0.4, 0.5) is 18.9 Å². The lowest BCUT2D eigenvalue weighted by molar-refractivity contribution is -0.137. The Morgan fingerprint density at radius 2 is 1.52 bits per heavy atom. The maximum atomic E-state index is 12.8. The number of hydrogen-bond acceptors (Lipinski definition) is 4. The Bertz CT molecular complexity index is 972. The third kappa shape index (κ3) is 7.11. The highest BCUT2D eigenvalue weighted by Gasteiger charge is 2.31. The van der Waals surface area contributed by atoms with Crippen molar-refractivity contribution < 1.29 is 26.3 Å². The molecule has 0 bridgehead atoms. The van der Waals surface area contributed by atoms with Gasteiger partial charge in [-0.25, -0.2) is 8.42 Å². The molecule has 1 heterocycles. The summed E-state index contributed by atoms with van der Waals surface area (Å²) in [6.45, 7) is 4.26. The Morgan fingerprint density at radius 1 is 0.909 bits per heavy atom. The summed E-state index contributed by atoms with van der Waals surface area (Å²) in [5, 5.41) is 0. The fourth-order valence-electron chi connectivity index (χ4n) is 3.85. The molecule has 0 atom stereocenters. The quantitative estimate of drug-likeness (QED) is 0.392. The molecular weight excluding hydrogens is 453 g/mol. The molecule has 0 saturated carbocycles. The van der Waals surface area contributed by atoms with Crippen LogP contribution in [-0.2, 0) is 16.2 Å². The van der Waals surface area contributed by atoms with Crippen molar-refractivity contribution in [1.82, 2.24) is 4.90 Å². The Kier molecular flexibility index (Phi) is 8.64. The number of likely N-dealkylation sites (tertiary alicyclic amines) is 1. The average Bonchev–Trinajstić information content (AvgIpc) is 3.31. The van der Waals surface area contributed by atoms with E-state index in [1.54, 1.807) is 24.3 Å². The minimum atomic E-state index is -4.52. The van der Waals surface area contributed by atoms with E-state index < -0.39 is 21.8 Å². The van der Waals surface area contributed by atoms with E-state index in [1.165, 1.54) is 52.4 Å². The van der Waals surface area contributed by atoms with Crippen molar-refractivity contribution in [1.29, 1.82) is 0 Å². The molecule has 0 aromatic heterocycles. The number of halogens is 3. The van der Waals surface area contributed by atoms with E-state index in [-0.39, 0.29) is 4.90 Å². The second-order valence-electron chi connectivity index (χ2n) is 8.30. The van der Waals surface area contributed by atoms with Gasteiger partial charge in [-0.05, 0) is 93.8 Å². The first-order chi connectivity index (χ1) is 15.7. The van der Waals surface area contributed by atoms with Gasteiger partial charge in [-0.3, -0.25) is 4.31 Å². The summed E-state index contributed by atoms with van der Waals surface area (Å²) in [7, 11) is -2.62. The highest BCUT2D eigenvalue weighted by molar-refractivity contribution is 7.92. The van der Waals surface area contributed by atoms with Crippen LogP contribution in [-0.4, -0.2) is 46.6 Å². The Labute approximate surface area is 194 Å². The molecule has 2 aromatic carbocycles. The van der Waals surface area contributed by atoms with E-state index in [2.05, 4.69) is 4.90 Å². The molecule has 1 aliphatic rings. The van der Waals surface area contributed by atoms with Crippen molar-refractivity contribution in [2.75, 3.05) is 37.6 Å². The van der Waals surface area contributed by atoms with Crippen LogP contribution in [0.3, 0.4) is 0 Å². The Hall–Kier alpha value is -2.26. The molecule has 0 spiro atoms. The van der Waals surface area contributed by atoms with Crippen molar-refractivity contribution >= 4 is 15.7 Å². The molecule has 0 amide bonds. The normalized spacial score (nSPS) is 15.0. The number of unbranched alkanes of at least 4 members (excludes halogenated alkanes) is 3. The molecular formula is C24H31F3N2O3S. The van der Waals surface area contributed by atoms with E-state index in [4.69, 9.17) is 4.74 Å². The van der Waals surface area contributed by atoms with Gasteiger partial charge in [0, 0.05) is 7.05 Å². The third-order valence-corrected chi connectivity index (χ3v) is 7.68. The van der Waals surface area contributed by atoms with Crippen LogP contribution >= 0.6 is 0 Å². The minimum Gasteiger partial charge on any atom is -0.494 e. The molecule has 0 radical (unpaired) electrons. The zero-order valence-corrected chi connectivity index (χ0v) is 19.7. The van der Waals surface area contributed by atoms with Gasteiger partial charge in [-0.1, -0.05) is 12.8 Å². The standard InChI is InChI=1S/C24H31F3N2O3S/c1-28(33(30,31)23-14-8-20(9-15-23)24(25,26)27)21-10-12-22(13-11-21)32-19-7-3-2-4-16-29-17-5-6-18-29/h8-15H,2-7,16-19H2,1H3. The number of ether oxygens (including phenoxy) is 1. The van der Waals surface area contributed by atoms with Gasteiger partial charge in [0.25, 0.3) is 10.0 Å². The molecule has 3 rings (SSSR count). The number of anilines is 1. The lowest BCUT2D eigenvalue weighted by Crippen LogP contribution is -2.26. The van der Waals surface area contributed by atoms with Crippen molar-refractivity contribution in [3.63, 3.8) is 0 Å². The largest absolute Gasteiger partial charge is 0.494 e. The smallest absolute Gasteiger partial charge is 0.416 e. The number of benzene rings is 2. The topological polar surface area (TPSA) is 49.9 Å². The lowest BCUT2D eigenvalue weighted by Gasteiger charge is -2.20. The summed E-state index contributed by atoms with van der Waals surface area (Å²) in [5.41, 5.74) is -0.499. The van der Waals surface area contributed by atoms with Gasteiger partial charge in [0.05, 0.1) is 22.8 Å². The zero-order valence-electron chi connectivity index (χ0n) is 18.9. The molecule has 9 heteroatoms. The van der Waals surface area contributed by atoms with Crippen molar-refractivity contribution in [3.05, 3.63) is 54.1 Å². The molecule has 1 fully saturated rings. The van der Waals surface area contributed by atoms with Gasteiger partial charge in [-0.2, -0.15) is 13.2 Å². The number of alkyl halides is 3. The van der Waals surface area contributed by atoms with Crippen molar-refractivity contribution in [2.45, 2.75) is 49.6 Å². The highest BCUT2D eigenvalue weighted by Crippen LogP contribution is 2.31. The summed E-state index contributed by atoms with van der Waals surface area (Å²) in [4.78, 5) is 2.32. The van der Waals surface area contributed by atoms with Crippen LogP contribution in [0, 0.1) is 0 Å². The maximum Gasteiger partial charge on any atom is 0.416 e. The molecule has 0 unspecified atom stereocenters. The molecule has 1 saturated heterocycles. The van der Waals surface area contributed by atoms with Gasteiger partial charge in [0.2, 0.25) is 0 Å². The second kappa shape index (κ2) is 11.2. The summed E-state index contributed by atoms with van der Waals surface area (Å²) in [5.74, 6) is 0.649. The molecule has 5 nitrogen and oxygen atoms in total.